The van der Waals surface area contributed by atoms with E-state index in [1.54, 1.807) is 6.92 Å². The van der Waals surface area contributed by atoms with Gasteiger partial charge in [0.1, 0.15) is 12.4 Å². The van der Waals surface area contributed by atoms with Crippen LogP contribution in [0.3, 0.4) is 0 Å². The van der Waals surface area contributed by atoms with E-state index in [2.05, 4.69) is 17.4 Å². The van der Waals surface area contributed by atoms with E-state index in [4.69, 9.17) is 14.6 Å². The molecule has 4 nitrogen and oxygen atoms in total. The number of fused-ring (bicyclic) bond motifs is 1. The first kappa shape index (κ1) is 15.3. The molecule has 0 unspecified atom stereocenters. The van der Waals surface area contributed by atoms with E-state index in [-0.39, 0.29) is 6.10 Å². The summed E-state index contributed by atoms with van der Waals surface area (Å²) < 4.78 is 11.2. The molecule has 1 aliphatic rings. The number of aliphatic hydroxyl groups is 1. The van der Waals surface area contributed by atoms with Crippen molar-refractivity contribution in [3.63, 3.8) is 0 Å². The Balaban J connectivity index is 1.53. The van der Waals surface area contributed by atoms with Gasteiger partial charge in [0.25, 0.3) is 0 Å². The molecule has 0 fully saturated rings. The van der Waals surface area contributed by atoms with Crippen molar-refractivity contribution in [2.45, 2.75) is 32.3 Å². The van der Waals surface area contributed by atoms with Crippen LogP contribution in [0.25, 0.3) is 0 Å². The van der Waals surface area contributed by atoms with Gasteiger partial charge in [0.2, 0.25) is 0 Å². The van der Waals surface area contributed by atoms with Crippen LogP contribution in [-0.2, 0) is 17.6 Å². The van der Waals surface area contributed by atoms with Gasteiger partial charge < -0.3 is 19.9 Å². The lowest BCUT2D eigenvalue weighted by atomic mass is 10.1. The Morgan fingerprint density at radius 1 is 1.20 bits per heavy atom. The molecule has 0 spiro atoms. The number of ether oxygens (including phenoxy) is 2. The summed E-state index contributed by atoms with van der Waals surface area (Å²) in [6, 6.07) is 6.39. The van der Waals surface area contributed by atoms with Gasteiger partial charge in [0.05, 0.1) is 19.3 Å². The number of rotatable bonds is 9. The normalized spacial score (nSPS) is 15.1. The smallest absolute Gasteiger partial charge is 0.119 e. The Labute approximate surface area is 121 Å². The van der Waals surface area contributed by atoms with Crippen LogP contribution >= 0.6 is 0 Å². The average molecular weight is 279 g/mol. The van der Waals surface area contributed by atoms with Gasteiger partial charge >= 0.3 is 0 Å². The van der Waals surface area contributed by atoms with Crippen LogP contribution < -0.4 is 10.1 Å². The summed E-state index contributed by atoms with van der Waals surface area (Å²) in [6.45, 7) is 4.93. The number of benzene rings is 1. The third-order valence-electron chi connectivity index (χ3n) is 3.43. The second-order valence-electron chi connectivity index (χ2n) is 5.30. The summed E-state index contributed by atoms with van der Waals surface area (Å²) >= 11 is 0. The van der Waals surface area contributed by atoms with E-state index in [0.717, 1.165) is 12.3 Å². The molecule has 1 atom stereocenters. The third kappa shape index (κ3) is 5.12. The lowest BCUT2D eigenvalue weighted by Gasteiger charge is -2.10. The van der Waals surface area contributed by atoms with Gasteiger partial charge in [0, 0.05) is 13.1 Å². The van der Waals surface area contributed by atoms with Crippen LogP contribution in [0, 0.1) is 0 Å². The molecule has 0 saturated heterocycles. The molecular weight excluding hydrogens is 254 g/mol. The first-order chi connectivity index (χ1) is 9.75. The van der Waals surface area contributed by atoms with Crippen molar-refractivity contribution < 1.29 is 14.6 Å². The van der Waals surface area contributed by atoms with Crippen molar-refractivity contribution in [3.05, 3.63) is 29.3 Å². The predicted octanol–water partition coefficient (Wildman–Crippen LogP) is 1.54. The molecule has 0 saturated carbocycles. The van der Waals surface area contributed by atoms with Gasteiger partial charge in [-0.15, -0.1) is 0 Å². The fourth-order valence-corrected chi connectivity index (χ4v) is 2.41. The van der Waals surface area contributed by atoms with Gasteiger partial charge in [-0.25, -0.2) is 0 Å². The van der Waals surface area contributed by atoms with Crippen LogP contribution in [0.5, 0.6) is 5.75 Å². The van der Waals surface area contributed by atoms with Crippen molar-refractivity contribution >= 4 is 0 Å². The molecule has 1 aliphatic carbocycles. The van der Waals surface area contributed by atoms with E-state index in [1.807, 2.05) is 6.07 Å². The molecule has 4 heteroatoms. The maximum absolute atomic E-state index is 9.06. The Kier molecular flexibility index (Phi) is 6.30. The van der Waals surface area contributed by atoms with Gasteiger partial charge in [-0.05, 0) is 49.4 Å². The highest BCUT2D eigenvalue weighted by molar-refractivity contribution is 5.38. The molecule has 2 rings (SSSR count). The zero-order valence-corrected chi connectivity index (χ0v) is 12.2. The summed E-state index contributed by atoms with van der Waals surface area (Å²) in [5.74, 6) is 0.946. The molecular formula is C16H25NO3. The first-order valence-corrected chi connectivity index (χ1v) is 7.47. The maximum atomic E-state index is 9.06. The predicted molar refractivity (Wildman–Crippen MR) is 79.3 cm³/mol. The number of aliphatic hydroxyl groups excluding tert-OH is 1. The zero-order chi connectivity index (χ0) is 14.2. The Hall–Kier alpha value is -1.10. The second-order valence-corrected chi connectivity index (χ2v) is 5.30. The minimum atomic E-state index is -0.307. The fourth-order valence-electron chi connectivity index (χ4n) is 2.41. The van der Waals surface area contributed by atoms with Gasteiger partial charge in [-0.2, -0.15) is 0 Å². The maximum Gasteiger partial charge on any atom is 0.119 e. The van der Waals surface area contributed by atoms with E-state index in [0.29, 0.717) is 26.4 Å². The molecule has 0 radical (unpaired) electrons. The molecule has 0 amide bonds. The summed E-state index contributed by atoms with van der Waals surface area (Å²) in [6.07, 6.45) is 3.34. The lowest BCUT2D eigenvalue weighted by molar-refractivity contribution is 0.0991. The van der Waals surface area contributed by atoms with Crippen molar-refractivity contribution in [1.82, 2.24) is 5.32 Å². The summed E-state index contributed by atoms with van der Waals surface area (Å²) in [4.78, 5) is 0. The number of nitrogens with one attached hydrogen (secondary N) is 1. The number of hydrogen-bond donors (Lipinski definition) is 2. The van der Waals surface area contributed by atoms with E-state index in [9.17, 15) is 0 Å². The van der Waals surface area contributed by atoms with Crippen LogP contribution in [-0.4, -0.2) is 44.1 Å². The fraction of sp³-hybridized carbons (Fsp3) is 0.625. The Morgan fingerprint density at radius 3 is 2.90 bits per heavy atom. The largest absolute Gasteiger partial charge is 0.491 e. The first-order valence-electron chi connectivity index (χ1n) is 7.47. The minimum absolute atomic E-state index is 0.307. The van der Waals surface area contributed by atoms with Crippen molar-refractivity contribution in [2.24, 2.45) is 0 Å². The number of aryl methyl sites for hydroxylation is 2. The monoisotopic (exact) mass is 279 g/mol. The molecule has 112 valence electrons. The molecule has 2 N–H and O–H groups in total. The second kappa shape index (κ2) is 8.25. The highest BCUT2D eigenvalue weighted by Crippen LogP contribution is 2.25. The number of hydrogen-bond acceptors (Lipinski definition) is 4. The van der Waals surface area contributed by atoms with Gasteiger partial charge in [-0.1, -0.05) is 6.07 Å². The molecule has 0 bridgehead atoms. The summed E-state index contributed by atoms with van der Waals surface area (Å²) in [7, 11) is 0. The van der Waals surface area contributed by atoms with Gasteiger partial charge in [-0.3, -0.25) is 0 Å². The Bertz CT molecular complexity index is 407. The molecule has 1 aromatic carbocycles. The van der Waals surface area contributed by atoms with Crippen molar-refractivity contribution in [2.75, 3.05) is 32.9 Å². The Morgan fingerprint density at radius 2 is 2.05 bits per heavy atom. The molecule has 0 heterocycles. The molecule has 0 aromatic heterocycles. The minimum Gasteiger partial charge on any atom is -0.491 e. The van der Waals surface area contributed by atoms with Crippen LogP contribution in [0.15, 0.2) is 18.2 Å². The van der Waals surface area contributed by atoms with E-state index >= 15 is 0 Å². The molecule has 20 heavy (non-hydrogen) atoms. The zero-order valence-electron chi connectivity index (χ0n) is 12.2. The lowest BCUT2D eigenvalue weighted by Crippen LogP contribution is -2.28. The van der Waals surface area contributed by atoms with E-state index in [1.165, 1.54) is 30.4 Å². The molecule has 1 aromatic rings. The highest BCUT2D eigenvalue weighted by Gasteiger charge is 2.10. The van der Waals surface area contributed by atoms with Gasteiger partial charge in [0.15, 0.2) is 0 Å². The van der Waals surface area contributed by atoms with Crippen molar-refractivity contribution in [3.8, 4) is 5.75 Å². The van der Waals surface area contributed by atoms with E-state index < -0.39 is 0 Å². The topological polar surface area (TPSA) is 50.7 Å². The SMILES string of the molecule is C[C@@H](O)CNCCOCCOc1ccc2c(c1)CCC2. The summed E-state index contributed by atoms with van der Waals surface area (Å²) in [5, 5.41) is 12.2. The summed E-state index contributed by atoms with van der Waals surface area (Å²) in [5.41, 5.74) is 2.91. The molecule has 0 aliphatic heterocycles. The van der Waals surface area contributed by atoms with Crippen LogP contribution in [0.4, 0.5) is 0 Å². The van der Waals surface area contributed by atoms with Crippen molar-refractivity contribution in [1.29, 1.82) is 0 Å². The highest BCUT2D eigenvalue weighted by atomic mass is 16.5. The average Bonchev–Trinajstić information content (AvgIpc) is 2.89. The quantitative estimate of drug-likeness (QED) is 0.673. The standard InChI is InChI=1S/C16H25NO3/c1-13(18)12-17-7-8-19-9-10-20-16-6-5-14-3-2-4-15(14)11-16/h5-6,11,13,17-18H,2-4,7-10,12H2,1H3/t13-/m1/s1. The third-order valence-corrected chi connectivity index (χ3v) is 3.43. The van der Waals surface area contributed by atoms with Crippen LogP contribution in [0.2, 0.25) is 0 Å². The van der Waals surface area contributed by atoms with Crippen LogP contribution in [0.1, 0.15) is 24.5 Å².